The highest BCUT2D eigenvalue weighted by atomic mass is 19.4. The fourth-order valence-corrected chi connectivity index (χ4v) is 3.93. The predicted octanol–water partition coefficient (Wildman–Crippen LogP) is 3.96. The molecule has 3 heterocycles. The highest BCUT2D eigenvalue weighted by Crippen LogP contribution is 2.25. The van der Waals surface area contributed by atoms with E-state index >= 15 is 0 Å². The van der Waals surface area contributed by atoms with Crippen molar-refractivity contribution in [3.8, 4) is 0 Å². The number of anilines is 1. The molecule has 0 saturated carbocycles. The maximum absolute atomic E-state index is 12.6. The van der Waals surface area contributed by atoms with Crippen LogP contribution >= 0.6 is 0 Å². The summed E-state index contributed by atoms with van der Waals surface area (Å²) < 4.78 is 37.8. The molecule has 4 rings (SSSR count). The molecule has 162 valence electrons. The lowest BCUT2D eigenvalue weighted by Crippen LogP contribution is -2.52. The van der Waals surface area contributed by atoms with Crippen LogP contribution in [0.5, 0.6) is 0 Å². The number of hydrogen-bond acceptors (Lipinski definition) is 4. The van der Waals surface area contributed by atoms with Crippen molar-refractivity contribution in [2.24, 2.45) is 4.99 Å². The standard InChI is InChI=1S/C23H23F3N4O/c24-23(25,26)22(31)30-13-11-29(12-14-30)20-7-5-17(6-8-20)15-18-3-2-10-28-21(18)19-4-1-9-27-16-19/h1,4-9,15-16H,2-3,10-14H2. The van der Waals surface area contributed by atoms with Crippen molar-refractivity contribution >= 4 is 23.4 Å². The number of allylic oxidation sites excluding steroid dienone is 1. The van der Waals surface area contributed by atoms with Gasteiger partial charge in [-0.25, -0.2) is 0 Å². The molecule has 1 fully saturated rings. The summed E-state index contributed by atoms with van der Waals surface area (Å²) in [5.74, 6) is -1.76. The predicted molar refractivity (Wildman–Crippen MR) is 114 cm³/mol. The van der Waals surface area contributed by atoms with E-state index in [1.54, 1.807) is 6.20 Å². The Kier molecular flexibility index (Phi) is 6.06. The Bertz CT molecular complexity index is 976. The van der Waals surface area contributed by atoms with Crippen molar-refractivity contribution < 1.29 is 18.0 Å². The van der Waals surface area contributed by atoms with Crippen LogP contribution in [-0.4, -0.2) is 60.4 Å². The van der Waals surface area contributed by atoms with Crippen molar-refractivity contribution in [3.05, 3.63) is 65.5 Å². The zero-order valence-corrected chi connectivity index (χ0v) is 17.0. The minimum Gasteiger partial charge on any atom is -0.368 e. The van der Waals surface area contributed by atoms with Crippen molar-refractivity contribution in [2.45, 2.75) is 19.0 Å². The van der Waals surface area contributed by atoms with Gasteiger partial charge in [0, 0.05) is 56.4 Å². The quantitative estimate of drug-likeness (QED) is 0.744. The van der Waals surface area contributed by atoms with E-state index in [0.717, 1.165) is 46.8 Å². The molecule has 1 aromatic heterocycles. The second-order valence-corrected chi connectivity index (χ2v) is 7.61. The molecule has 1 aromatic carbocycles. The Morgan fingerprint density at radius 3 is 2.42 bits per heavy atom. The Morgan fingerprint density at radius 2 is 1.77 bits per heavy atom. The van der Waals surface area contributed by atoms with E-state index in [1.165, 1.54) is 5.57 Å². The highest BCUT2D eigenvalue weighted by Gasteiger charge is 2.43. The van der Waals surface area contributed by atoms with E-state index in [9.17, 15) is 18.0 Å². The van der Waals surface area contributed by atoms with E-state index in [4.69, 9.17) is 4.99 Å². The summed E-state index contributed by atoms with van der Waals surface area (Å²) in [6, 6.07) is 11.9. The van der Waals surface area contributed by atoms with Crippen LogP contribution < -0.4 is 4.90 Å². The van der Waals surface area contributed by atoms with Gasteiger partial charge in [-0.15, -0.1) is 0 Å². The van der Waals surface area contributed by atoms with Gasteiger partial charge in [-0.1, -0.05) is 12.1 Å². The number of carbonyl (C=O) groups excluding carboxylic acids is 1. The summed E-state index contributed by atoms with van der Waals surface area (Å²) in [5.41, 5.74) is 5.14. The molecule has 31 heavy (non-hydrogen) atoms. The van der Waals surface area contributed by atoms with Gasteiger partial charge in [0.2, 0.25) is 0 Å². The zero-order valence-electron chi connectivity index (χ0n) is 17.0. The summed E-state index contributed by atoms with van der Waals surface area (Å²) in [5, 5.41) is 0. The molecule has 2 aromatic rings. The summed E-state index contributed by atoms with van der Waals surface area (Å²) in [6.07, 6.45) is 2.85. The van der Waals surface area contributed by atoms with Gasteiger partial charge < -0.3 is 9.80 Å². The van der Waals surface area contributed by atoms with Crippen LogP contribution in [0.3, 0.4) is 0 Å². The van der Waals surface area contributed by atoms with Crippen molar-refractivity contribution in [1.29, 1.82) is 0 Å². The molecule has 0 aliphatic carbocycles. The lowest BCUT2D eigenvalue weighted by molar-refractivity contribution is -0.185. The van der Waals surface area contributed by atoms with E-state index in [-0.39, 0.29) is 13.1 Å². The third kappa shape index (κ3) is 4.95. The first-order valence-corrected chi connectivity index (χ1v) is 10.3. The van der Waals surface area contributed by atoms with Gasteiger partial charge in [-0.2, -0.15) is 13.2 Å². The number of hydrogen-bond donors (Lipinski definition) is 0. The number of carbonyl (C=O) groups is 1. The first-order chi connectivity index (χ1) is 14.9. The van der Waals surface area contributed by atoms with E-state index in [0.29, 0.717) is 13.1 Å². The number of aromatic nitrogens is 1. The topological polar surface area (TPSA) is 48.8 Å². The van der Waals surface area contributed by atoms with E-state index < -0.39 is 12.1 Å². The zero-order chi connectivity index (χ0) is 21.8. The van der Waals surface area contributed by atoms with Crippen molar-refractivity contribution in [2.75, 3.05) is 37.6 Å². The summed E-state index contributed by atoms with van der Waals surface area (Å²) in [7, 11) is 0. The molecule has 0 N–H and O–H groups in total. The number of pyridine rings is 1. The number of aliphatic imine (C=N–C) groups is 1. The van der Waals surface area contributed by atoms with Gasteiger partial charge in [-0.3, -0.25) is 14.8 Å². The minimum absolute atomic E-state index is 0.0646. The first kappa shape index (κ1) is 21.1. The number of piperazine rings is 1. The van der Waals surface area contributed by atoms with Gasteiger partial charge in [0.1, 0.15) is 0 Å². The van der Waals surface area contributed by atoms with Crippen molar-refractivity contribution in [3.63, 3.8) is 0 Å². The summed E-state index contributed by atoms with van der Waals surface area (Å²) in [4.78, 5) is 23.1. The fourth-order valence-electron chi connectivity index (χ4n) is 3.93. The Hall–Kier alpha value is -3.16. The van der Waals surface area contributed by atoms with Crippen molar-refractivity contribution in [1.82, 2.24) is 9.88 Å². The second-order valence-electron chi connectivity index (χ2n) is 7.61. The third-order valence-corrected chi connectivity index (χ3v) is 5.52. The maximum atomic E-state index is 12.6. The Morgan fingerprint density at radius 1 is 1.03 bits per heavy atom. The van der Waals surface area contributed by atoms with Crippen LogP contribution in [0.4, 0.5) is 18.9 Å². The molecule has 1 saturated heterocycles. The maximum Gasteiger partial charge on any atom is 0.471 e. The largest absolute Gasteiger partial charge is 0.471 e. The van der Waals surface area contributed by atoms with Crippen LogP contribution in [0, 0.1) is 0 Å². The molecule has 0 unspecified atom stereocenters. The van der Waals surface area contributed by atoms with Crippen LogP contribution in [0.2, 0.25) is 0 Å². The molecule has 8 heteroatoms. The lowest BCUT2D eigenvalue weighted by Gasteiger charge is -2.36. The number of halogens is 3. The third-order valence-electron chi connectivity index (χ3n) is 5.52. The normalized spacial score (nSPS) is 18.8. The van der Waals surface area contributed by atoms with Crippen LogP contribution in [0.1, 0.15) is 24.0 Å². The van der Waals surface area contributed by atoms with E-state index in [1.807, 2.05) is 47.5 Å². The SMILES string of the molecule is O=C(N1CCN(c2ccc(C=C3CCCN=C3c3cccnc3)cc2)CC1)C(F)(F)F. The molecule has 2 aliphatic heterocycles. The van der Waals surface area contributed by atoms with Gasteiger partial charge in [0.25, 0.3) is 0 Å². The molecule has 1 amide bonds. The van der Waals surface area contributed by atoms with Crippen LogP contribution in [0.15, 0.2) is 59.4 Å². The second kappa shape index (κ2) is 8.91. The fraction of sp³-hybridized carbons (Fsp3) is 0.348. The van der Waals surface area contributed by atoms with Gasteiger partial charge in [0.05, 0.1) is 5.71 Å². The molecular weight excluding hydrogens is 405 g/mol. The molecule has 0 bridgehead atoms. The highest BCUT2D eigenvalue weighted by molar-refractivity contribution is 6.15. The lowest BCUT2D eigenvalue weighted by atomic mass is 9.95. The molecule has 5 nitrogen and oxygen atoms in total. The molecule has 0 radical (unpaired) electrons. The Balaban J connectivity index is 1.44. The Labute approximate surface area is 178 Å². The molecular formula is C23H23F3N4O. The van der Waals surface area contributed by atoms with Gasteiger partial charge in [-0.05, 0) is 54.3 Å². The average molecular weight is 428 g/mol. The first-order valence-electron chi connectivity index (χ1n) is 10.3. The number of benzene rings is 1. The number of rotatable bonds is 3. The van der Waals surface area contributed by atoms with E-state index in [2.05, 4.69) is 11.1 Å². The smallest absolute Gasteiger partial charge is 0.368 e. The monoisotopic (exact) mass is 428 g/mol. The number of amides is 1. The van der Waals surface area contributed by atoms with Crippen LogP contribution in [-0.2, 0) is 4.79 Å². The average Bonchev–Trinajstić information content (AvgIpc) is 2.80. The molecule has 0 spiro atoms. The number of alkyl halides is 3. The summed E-state index contributed by atoms with van der Waals surface area (Å²) >= 11 is 0. The molecule has 2 aliphatic rings. The van der Waals surface area contributed by atoms with Crippen LogP contribution in [0.25, 0.3) is 6.08 Å². The minimum atomic E-state index is -4.81. The van der Waals surface area contributed by atoms with Gasteiger partial charge >= 0.3 is 12.1 Å². The summed E-state index contributed by atoms with van der Waals surface area (Å²) in [6.45, 7) is 1.69. The van der Waals surface area contributed by atoms with Gasteiger partial charge in [0.15, 0.2) is 0 Å². The molecule has 0 atom stereocenters. The number of nitrogens with zero attached hydrogens (tertiary/aromatic N) is 4.